The van der Waals surface area contributed by atoms with Gasteiger partial charge in [-0.1, -0.05) is 24.3 Å². The van der Waals surface area contributed by atoms with E-state index in [4.69, 9.17) is 16.6 Å². The Balaban J connectivity index is 1.79. The van der Waals surface area contributed by atoms with Crippen LogP contribution in [0.3, 0.4) is 0 Å². The highest BCUT2D eigenvalue weighted by molar-refractivity contribution is 7.90. The van der Waals surface area contributed by atoms with Crippen LogP contribution >= 0.6 is 0 Å². The number of fused-ring (bicyclic) bond motifs is 1. The number of guanidine groups is 1. The third kappa shape index (κ3) is 5.12. The van der Waals surface area contributed by atoms with Crippen molar-refractivity contribution in [3.8, 4) is 0 Å². The van der Waals surface area contributed by atoms with Crippen LogP contribution in [0.4, 0.5) is 11.4 Å². The third-order valence-electron chi connectivity index (χ3n) is 4.03. The maximum atomic E-state index is 12.6. The molecule has 0 radical (unpaired) electrons. The Hall–Kier alpha value is -3.90. The van der Waals surface area contributed by atoms with Crippen molar-refractivity contribution < 1.29 is 13.2 Å². The van der Waals surface area contributed by atoms with Crippen LogP contribution in [0.15, 0.2) is 58.7 Å². The first kappa shape index (κ1) is 20.8. The molecule has 0 spiro atoms. The van der Waals surface area contributed by atoms with Gasteiger partial charge in [0.1, 0.15) is 5.69 Å². The number of anilines is 2. The first-order valence-corrected chi connectivity index (χ1v) is 10.1. The minimum absolute atomic E-state index is 0.140. The van der Waals surface area contributed by atoms with Crippen molar-refractivity contribution in [1.82, 2.24) is 4.98 Å². The Bertz CT molecular complexity index is 1260. The normalized spacial score (nSPS) is 11.9. The summed E-state index contributed by atoms with van der Waals surface area (Å²) in [7, 11) is -3.95. The van der Waals surface area contributed by atoms with E-state index in [1.807, 2.05) is 0 Å². The number of nitrogens with two attached hydrogens (primary N) is 3. The molecule has 0 saturated carbocycles. The van der Waals surface area contributed by atoms with E-state index in [1.165, 1.54) is 6.07 Å². The van der Waals surface area contributed by atoms with E-state index in [9.17, 15) is 13.2 Å². The molecule has 9 N–H and O–H groups in total. The molecular weight excluding hydrogens is 408 g/mol. The standard InChI is InChI=1S/C18H20N8O3S/c1-10(24-25-18(19)20)11-5-7-13(8-6-11)22-17(27)15-9-12-3-2-4-14(16(12)23-15)26-30(21,28)29/h2-9,23,26H,1H3,(H,22,27)(H4,19,20,25)(H2,21,28,29)/b24-10+. The lowest BCUT2D eigenvalue weighted by Gasteiger charge is -2.06. The summed E-state index contributed by atoms with van der Waals surface area (Å²) in [6.07, 6.45) is 0. The molecule has 0 aliphatic heterocycles. The number of aromatic amines is 1. The molecule has 3 aromatic rings. The summed E-state index contributed by atoms with van der Waals surface area (Å²) in [5.74, 6) is -0.537. The lowest BCUT2D eigenvalue weighted by atomic mass is 10.1. The van der Waals surface area contributed by atoms with Crippen molar-refractivity contribution in [3.63, 3.8) is 0 Å². The monoisotopic (exact) mass is 428 g/mol. The summed E-state index contributed by atoms with van der Waals surface area (Å²) in [6.45, 7) is 1.75. The zero-order valence-corrected chi connectivity index (χ0v) is 16.7. The van der Waals surface area contributed by atoms with Crippen molar-refractivity contribution in [2.75, 3.05) is 10.0 Å². The van der Waals surface area contributed by atoms with Crippen molar-refractivity contribution >= 4 is 50.1 Å². The number of hydrogen-bond donors (Lipinski definition) is 6. The second kappa shape index (κ2) is 8.23. The number of amides is 1. The van der Waals surface area contributed by atoms with Gasteiger partial charge in [0.15, 0.2) is 0 Å². The van der Waals surface area contributed by atoms with Gasteiger partial charge in [0.05, 0.1) is 16.9 Å². The summed E-state index contributed by atoms with van der Waals surface area (Å²) < 4.78 is 24.9. The lowest BCUT2D eigenvalue weighted by molar-refractivity contribution is 0.102. The molecule has 0 fully saturated rings. The molecule has 1 aromatic heterocycles. The summed E-state index contributed by atoms with van der Waals surface area (Å²) in [5.41, 5.74) is 13.4. The maximum absolute atomic E-state index is 12.6. The van der Waals surface area contributed by atoms with E-state index in [2.05, 4.69) is 25.2 Å². The van der Waals surface area contributed by atoms with E-state index in [1.54, 1.807) is 49.4 Å². The number of nitrogens with one attached hydrogen (secondary N) is 3. The number of benzene rings is 2. The van der Waals surface area contributed by atoms with Crippen molar-refractivity contribution in [3.05, 3.63) is 59.8 Å². The van der Waals surface area contributed by atoms with E-state index >= 15 is 0 Å². The van der Waals surface area contributed by atoms with Crippen LogP contribution in [0.2, 0.25) is 0 Å². The van der Waals surface area contributed by atoms with Crippen LogP contribution in [0.25, 0.3) is 10.9 Å². The molecule has 0 aliphatic rings. The van der Waals surface area contributed by atoms with Crippen LogP contribution in [0.1, 0.15) is 23.0 Å². The molecular formula is C18H20N8O3S. The van der Waals surface area contributed by atoms with Crippen LogP contribution in [-0.2, 0) is 10.2 Å². The fourth-order valence-electron chi connectivity index (χ4n) is 2.70. The van der Waals surface area contributed by atoms with Crippen molar-refractivity contribution in [2.24, 2.45) is 26.8 Å². The molecule has 12 heteroatoms. The Kier molecular flexibility index (Phi) is 5.71. The zero-order chi connectivity index (χ0) is 21.9. The van der Waals surface area contributed by atoms with Crippen molar-refractivity contribution in [2.45, 2.75) is 6.92 Å². The molecule has 1 amide bonds. The molecule has 0 aliphatic carbocycles. The summed E-state index contributed by atoms with van der Waals surface area (Å²) in [5, 5.41) is 15.9. The number of nitrogens with zero attached hydrogens (tertiary/aromatic N) is 2. The van der Waals surface area contributed by atoms with Gasteiger partial charge in [0, 0.05) is 11.1 Å². The molecule has 0 unspecified atom stereocenters. The average Bonchev–Trinajstić information content (AvgIpc) is 3.11. The molecule has 0 bridgehead atoms. The highest BCUT2D eigenvalue weighted by Crippen LogP contribution is 2.24. The molecule has 30 heavy (non-hydrogen) atoms. The number of carbonyl (C=O) groups is 1. The zero-order valence-electron chi connectivity index (χ0n) is 15.9. The quantitative estimate of drug-likeness (QED) is 0.193. The summed E-state index contributed by atoms with van der Waals surface area (Å²) in [4.78, 5) is 15.5. The third-order valence-corrected chi connectivity index (χ3v) is 4.53. The Morgan fingerprint density at radius 3 is 2.40 bits per heavy atom. The lowest BCUT2D eigenvalue weighted by Crippen LogP contribution is -2.22. The van der Waals surface area contributed by atoms with Gasteiger partial charge in [-0.2, -0.15) is 13.5 Å². The molecule has 3 rings (SSSR count). The SMILES string of the molecule is C/C(=N\N=C(N)N)c1ccc(NC(=O)c2cc3cccc(NS(N)(=O)=O)c3[nH]2)cc1. The Morgan fingerprint density at radius 1 is 1.07 bits per heavy atom. The van der Waals surface area contributed by atoms with Gasteiger partial charge in [-0.3, -0.25) is 9.52 Å². The molecule has 1 heterocycles. The summed E-state index contributed by atoms with van der Waals surface area (Å²) >= 11 is 0. The van der Waals surface area contributed by atoms with Crippen molar-refractivity contribution in [1.29, 1.82) is 0 Å². The van der Waals surface area contributed by atoms with E-state index in [0.717, 1.165) is 5.56 Å². The fourth-order valence-corrected chi connectivity index (χ4v) is 3.18. The Labute approximate surface area is 172 Å². The number of para-hydroxylation sites is 1. The fraction of sp³-hybridized carbons (Fsp3) is 0.0556. The first-order valence-electron chi connectivity index (χ1n) is 8.59. The van der Waals surface area contributed by atoms with E-state index in [-0.39, 0.29) is 17.3 Å². The highest BCUT2D eigenvalue weighted by atomic mass is 32.2. The van der Waals surface area contributed by atoms with Gasteiger partial charge >= 0.3 is 0 Å². The smallest absolute Gasteiger partial charge is 0.296 e. The second-order valence-electron chi connectivity index (χ2n) is 6.34. The molecule has 156 valence electrons. The van der Waals surface area contributed by atoms with Gasteiger partial charge in [0.25, 0.3) is 16.1 Å². The van der Waals surface area contributed by atoms with E-state index < -0.39 is 16.1 Å². The van der Waals surface area contributed by atoms with Crippen LogP contribution < -0.4 is 26.6 Å². The van der Waals surface area contributed by atoms with E-state index in [0.29, 0.717) is 22.3 Å². The van der Waals surface area contributed by atoms with Gasteiger partial charge < -0.3 is 21.8 Å². The predicted molar refractivity (Wildman–Crippen MR) is 117 cm³/mol. The molecule has 2 aromatic carbocycles. The number of carbonyl (C=O) groups excluding carboxylic acids is 1. The van der Waals surface area contributed by atoms with Gasteiger partial charge in [-0.25, -0.2) is 5.14 Å². The number of rotatable bonds is 6. The van der Waals surface area contributed by atoms with Crippen LogP contribution in [0, 0.1) is 0 Å². The molecule has 0 atom stereocenters. The van der Waals surface area contributed by atoms with Gasteiger partial charge in [0.2, 0.25) is 5.96 Å². The van der Waals surface area contributed by atoms with Gasteiger partial charge in [-0.15, -0.1) is 5.10 Å². The minimum atomic E-state index is -3.95. The van der Waals surface area contributed by atoms with Crippen LogP contribution in [0.5, 0.6) is 0 Å². The first-order chi connectivity index (χ1) is 14.1. The summed E-state index contributed by atoms with van der Waals surface area (Å²) in [6, 6.07) is 13.5. The topological polar surface area (TPSA) is 194 Å². The second-order valence-corrected chi connectivity index (χ2v) is 7.64. The number of H-pyrrole nitrogens is 1. The average molecular weight is 428 g/mol. The molecule has 0 saturated heterocycles. The highest BCUT2D eigenvalue weighted by Gasteiger charge is 2.14. The minimum Gasteiger partial charge on any atom is -0.369 e. The number of hydrogen-bond acceptors (Lipinski definition) is 5. The predicted octanol–water partition coefficient (Wildman–Crippen LogP) is 1.03. The maximum Gasteiger partial charge on any atom is 0.296 e. The van der Waals surface area contributed by atoms with Crippen LogP contribution in [-0.4, -0.2) is 31.0 Å². The molecule has 11 nitrogen and oxygen atoms in total. The largest absolute Gasteiger partial charge is 0.369 e. The van der Waals surface area contributed by atoms with Gasteiger partial charge in [-0.05, 0) is 36.8 Å². The Morgan fingerprint density at radius 2 is 1.77 bits per heavy atom. The number of aromatic nitrogens is 1.